The number of ether oxygens (including phenoxy) is 2. The average Bonchev–Trinajstić information content (AvgIpc) is 3.93. The van der Waals surface area contributed by atoms with E-state index < -0.39 is 79.9 Å². The molecule has 0 radical (unpaired) electrons. The number of hydrogen-bond donors (Lipinski definition) is 2. The van der Waals surface area contributed by atoms with Gasteiger partial charge >= 0.3 is 6.36 Å². The second kappa shape index (κ2) is 15.3. The molecule has 2 aliphatic heterocycles. The molecule has 2 saturated carbocycles. The molecule has 2 N–H and O–H groups in total. The van der Waals surface area contributed by atoms with Crippen molar-refractivity contribution in [3.8, 4) is 11.6 Å². The summed E-state index contributed by atoms with van der Waals surface area (Å²) in [6.07, 6.45) is 2.71. The van der Waals surface area contributed by atoms with E-state index in [1.54, 1.807) is 31.2 Å². The highest BCUT2D eigenvalue weighted by molar-refractivity contribution is 7.91. The Morgan fingerprint density at radius 1 is 1.02 bits per heavy atom. The number of hydrogen-bond acceptors (Lipinski definition) is 11. The second-order valence-electron chi connectivity index (χ2n) is 16.1. The van der Waals surface area contributed by atoms with E-state index in [2.05, 4.69) is 24.9 Å². The maximum atomic E-state index is 14.6. The van der Waals surface area contributed by atoms with E-state index in [4.69, 9.17) is 9.26 Å². The van der Waals surface area contributed by atoms with Crippen LogP contribution in [0.5, 0.6) is 11.6 Å². The third-order valence-electron chi connectivity index (χ3n) is 12.0. The molecule has 5 atom stereocenters. The fourth-order valence-corrected chi connectivity index (χ4v) is 9.53. The highest BCUT2D eigenvalue weighted by Crippen LogP contribution is 2.57. The monoisotopic (exact) mass is 837 g/mol. The summed E-state index contributed by atoms with van der Waals surface area (Å²) >= 11 is 0. The van der Waals surface area contributed by atoms with Crippen LogP contribution >= 0.6 is 0 Å². The number of Topliss-reactive ketones (excluding diaryl/α,β-unsaturated/α-hetero) is 1. The Hall–Kier alpha value is -5.52. The molecule has 8 rings (SSSR count). The number of nitrogens with one attached hydrogen (secondary N) is 2. The molecule has 4 heterocycles. The quantitative estimate of drug-likeness (QED) is 0.159. The zero-order valence-corrected chi connectivity index (χ0v) is 32.8. The van der Waals surface area contributed by atoms with Gasteiger partial charge in [-0.1, -0.05) is 48.3 Å². The summed E-state index contributed by atoms with van der Waals surface area (Å²) in [6.45, 7) is 1.42. The number of carbonyl (C=O) groups is 4. The maximum absolute atomic E-state index is 14.6. The molecule has 0 bridgehead atoms. The minimum Gasteiger partial charge on any atom is -0.472 e. The zero-order valence-electron chi connectivity index (χ0n) is 32.0. The number of nitrogens with zero attached hydrogens (tertiary/aromatic N) is 3. The molecule has 2 aliphatic carbocycles. The molecular formula is C41H42F3N5O9S. The van der Waals surface area contributed by atoms with Crippen LogP contribution in [0.2, 0.25) is 0 Å². The number of aromatic nitrogens is 2. The van der Waals surface area contributed by atoms with Crippen LogP contribution in [0.4, 0.5) is 13.2 Å². The number of halogens is 3. The number of carbonyl (C=O) groups excluding carboxylic acids is 4. The number of alkyl halides is 3. The van der Waals surface area contributed by atoms with E-state index in [1.165, 1.54) is 29.4 Å². The van der Waals surface area contributed by atoms with E-state index in [0.29, 0.717) is 48.3 Å². The Bertz CT molecular complexity index is 2450. The van der Waals surface area contributed by atoms with Crippen molar-refractivity contribution in [2.75, 3.05) is 6.54 Å². The van der Waals surface area contributed by atoms with Gasteiger partial charge in [0.25, 0.3) is 5.91 Å². The first-order valence-electron chi connectivity index (χ1n) is 19.6. The van der Waals surface area contributed by atoms with Gasteiger partial charge in [0.2, 0.25) is 27.7 Å². The lowest BCUT2D eigenvalue weighted by Crippen LogP contribution is -2.52. The molecule has 14 nitrogen and oxygen atoms in total. The molecule has 4 aromatic rings. The number of rotatable bonds is 8. The largest absolute Gasteiger partial charge is 0.573 e. The van der Waals surface area contributed by atoms with Crippen molar-refractivity contribution < 1.29 is 54.8 Å². The maximum Gasteiger partial charge on any atom is 0.573 e. The van der Waals surface area contributed by atoms with Crippen molar-refractivity contribution in [2.45, 2.75) is 100 Å². The van der Waals surface area contributed by atoms with Crippen molar-refractivity contribution in [3.05, 3.63) is 72.6 Å². The Morgan fingerprint density at radius 2 is 1.80 bits per heavy atom. The number of benzene rings is 2. The van der Waals surface area contributed by atoms with Crippen LogP contribution in [-0.4, -0.2) is 82.8 Å². The first kappa shape index (κ1) is 40.3. The van der Waals surface area contributed by atoms with Crippen molar-refractivity contribution in [3.63, 3.8) is 0 Å². The van der Waals surface area contributed by atoms with Gasteiger partial charge in [-0.3, -0.25) is 23.9 Å². The number of allylic oxidation sites excluding steroid dienone is 2. The van der Waals surface area contributed by atoms with E-state index >= 15 is 0 Å². The summed E-state index contributed by atoms with van der Waals surface area (Å²) in [5, 5.41) is 8.12. The molecule has 0 spiro atoms. The van der Waals surface area contributed by atoms with Gasteiger partial charge in [0.05, 0.1) is 28.3 Å². The van der Waals surface area contributed by atoms with Crippen molar-refractivity contribution >= 4 is 55.2 Å². The number of fused-ring (bicyclic) bond motifs is 5. The average molecular weight is 838 g/mol. The van der Waals surface area contributed by atoms with Crippen LogP contribution in [0.1, 0.15) is 81.6 Å². The Labute approximate surface area is 336 Å². The molecule has 2 aromatic heterocycles. The van der Waals surface area contributed by atoms with Crippen molar-refractivity contribution in [1.29, 1.82) is 0 Å². The lowest BCUT2D eigenvalue weighted by molar-refractivity contribution is -0.274. The summed E-state index contributed by atoms with van der Waals surface area (Å²) in [4.78, 5) is 62.3. The number of amides is 3. The predicted octanol–water partition coefficient (Wildman–Crippen LogP) is 5.91. The van der Waals surface area contributed by atoms with E-state index in [0.717, 1.165) is 12.5 Å². The van der Waals surface area contributed by atoms with Gasteiger partial charge in [-0.25, -0.2) is 13.4 Å². The number of ketones is 1. The van der Waals surface area contributed by atoms with E-state index in [9.17, 15) is 40.8 Å². The second-order valence-corrected chi connectivity index (χ2v) is 18.3. The predicted molar refractivity (Wildman–Crippen MR) is 205 cm³/mol. The first-order valence-corrected chi connectivity index (χ1v) is 21.1. The topological polar surface area (TPSA) is 187 Å². The molecule has 1 saturated heterocycles. The zero-order chi connectivity index (χ0) is 41.7. The number of sulfonamides is 1. The van der Waals surface area contributed by atoms with Crippen LogP contribution in [0, 0.1) is 11.3 Å². The molecule has 18 heteroatoms. The first-order chi connectivity index (χ1) is 28.1. The lowest BCUT2D eigenvalue weighted by Gasteiger charge is -2.29. The van der Waals surface area contributed by atoms with Crippen molar-refractivity contribution in [2.24, 2.45) is 11.3 Å². The van der Waals surface area contributed by atoms with Gasteiger partial charge in [0.15, 0.2) is 11.5 Å². The molecule has 3 fully saturated rings. The van der Waals surface area contributed by atoms with Crippen molar-refractivity contribution in [1.82, 2.24) is 25.1 Å². The summed E-state index contributed by atoms with van der Waals surface area (Å²) in [5.41, 5.74) is -1.27. The van der Waals surface area contributed by atoms with E-state index in [1.807, 2.05) is 12.2 Å². The Morgan fingerprint density at radius 3 is 2.53 bits per heavy atom. The minimum absolute atomic E-state index is 0.0443. The molecule has 312 valence electrons. The molecule has 4 aliphatic rings. The van der Waals surface area contributed by atoms with Crippen LogP contribution in [0.3, 0.4) is 0 Å². The summed E-state index contributed by atoms with van der Waals surface area (Å²) < 4.78 is 82.5. The molecule has 2 aromatic carbocycles. The molecule has 3 amide bonds. The fourth-order valence-electron chi connectivity index (χ4n) is 8.20. The van der Waals surface area contributed by atoms with Gasteiger partial charge in [-0.2, -0.15) is 0 Å². The summed E-state index contributed by atoms with van der Waals surface area (Å²) in [7, 11) is -4.02. The van der Waals surface area contributed by atoms with Crippen LogP contribution in [0.15, 0.2) is 71.5 Å². The van der Waals surface area contributed by atoms with Gasteiger partial charge in [-0.15, -0.1) is 13.2 Å². The van der Waals surface area contributed by atoms with Gasteiger partial charge in [-0.05, 0) is 75.0 Å². The van der Waals surface area contributed by atoms with Gasteiger partial charge < -0.3 is 24.2 Å². The standard InChI is InChI=1S/C41H42F3N5O9S/c1-39(16-17-39)59(54,55)48-38(53)40-21-24(40)9-5-3-2-4-6-12-31(45-35(51)30-15-18-56-47-30)37(52)49-23-26(20-33(49)34(50)22-40)57-36-29-11-8-7-10-27(29)28-14-13-25(19-32(28)46-36)58-41(42,43)44/h5,7-11,13-15,18-19,24,26,31,33H,2-4,6,12,16-17,20-23H2,1H3,(H,45,51)(H,48,53)/b9-5-/t24-,26-,31+,33+,40-/m1/s1. The van der Waals surface area contributed by atoms with Gasteiger partial charge in [0.1, 0.15) is 24.2 Å². The summed E-state index contributed by atoms with van der Waals surface area (Å²) in [6, 6.07) is 9.90. The fraction of sp³-hybridized carbons (Fsp3) is 0.463. The number of pyridine rings is 1. The Kier molecular flexibility index (Phi) is 10.4. The molecule has 0 unspecified atom stereocenters. The lowest BCUT2D eigenvalue weighted by atomic mass is 9.91. The summed E-state index contributed by atoms with van der Waals surface area (Å²) in [5.74, 6) is -3.33. The molecular weight excluding hydrogens is 796 g/mol. The third kappa shape index (κ3) is 8.23. The normalized spacial score (nSPS) is 26.5. The third-order valence-corrected chi connectivity index (χ3v) is 14.1. The SMILES string of the molecule is CC1(S(=O)(=O)NC(=O)[C@]23CC(=O)[C@@H]4C[C@@H](Oc5nc6cc(OC(F)(F)F)ccc6c6ccccc56)CN4C(=O)[C@@H](NC(=O)c4ccon4)CCCCC/C=C\[C@@H]2C3)CC1. The van der Waals surface area contributed by atoms with E-state index in [-0.39, 0.29) is 49.3 Å². The minimum atomic E-state index is -4.94. The van der Waals surface area contributed by atoms with Crippen LogP contribution in [-0.2, 0) is 24.4 Å². The van der Waals surface area contributed by atoms with Crippen LogP contribution in [0.25, 0.3) is 21.7 Å². The van der Waals surface area contributed by atoms with Gasteiger partial charge in [0, 0.05) is 35.7 Å². The highest BCUT2D eigenvalue weighted by Gasteiger charge is 2.62. The Balaban J connectivity index is 1.13. The smallest absolute Gasteiger partial charge is 0.472 e. The highest BCUT2D eigenvalue weighted by atomic mass is 32.2. The van der Waals surface area contributed by atoms with Crippen LogP contribution < -0.4 is 19.5 Å². The molecule has 59 heavy (non-hydrogen) atoms.